The standard InChI is InChI=1S/C16H17F2NO/c1-11(20)13-5-8-16(15(18)9-13)19(2)10-12-3-6-14(17)7-4-12/h3-9,11,20H,10H2,1-2H3/t11-/m1/s1. The summed E-state index contributed by atoms with van der Waals surface area (Å²) in [6.45, 7) is 2.07. The van der Waals surface area contributed by atoms with Crippen molar-refractivity contribution in [1.82, 2.24) is 0 Å². The van der Waals surface area contributed by atoms with Crippen LogP contribution >= 0.6 is 0 Å². The monoisotopic (exact) mass is 277 g/mol. The first-order chi connectivity index (χ1) is 9.47. The average Bonchev–Trinajstić information content (AvgIpc) is 2.41. The quantitative estimate of drug-likeness (QED) is 0.922. The third kappa shape index (κ3) is 3.33. The molecular formula is C16H17F2NO. The number of anilines is 1. The van der Waals surface area contributed by atoms with Crippen molar-refractivity contribution >= 4 is 5.69 Å². The van der Waals surface area contributed by atoms with Crippen molar-refractivity contribution in [1.29, 1.82) is 0 Å². The van der Waals surface area contributed by atoms with Gasteiger partial charge in [-0.1, -0.05) is 18.2 Å². The van der Waals surface area contributed by atoms with E-state index in [9.17, 15) is 13.9 Å². The van der Waals surface area contributed by atoms with Crippen molar-refractivity contribution in [2.45, 2.75) is 19.6 Å². The molecule has 0 unspecified atom stereocenters. The van der Waals surface area contributed by atoms with E-state index >= 15 is 0 Å². The van der Waals surface area contributed by atoms with E-state index in [4.69, 9.17) is 0 Å². The first kappa shape index (κ1) is 14.5. The molecule has 0 amide bonds. The topological polar surface area (TPSA) is 23.5 Å². The lowest BCUT2D eigenvalue weighted by molar-refractivity contribution is 0.199. The zero-order valence-electron chi connectivity index (χ0n) is 11.5. The maximum absolute atomic E-state index is 14.0. The lowest BCUT2D eigenvalue weighted by atomic mass is 10.1. The average molecular weight is 277 g/mol. The Labute approximate surface area is 117 Å². The molecule has 0 aliphatic carbocycles. The van der Waals surface area contributed by atoms with Crippen LogP contribution in [0.15, 0.2) is 42.5 Å². The number of hydrogen-bond acceptors (Lipinski definition) is 2. The summed E-state index contributed by atoms with van der Waals surface area (Å²) in [5.41, 5.74) is 1.88. The van der Waals surface area contributed by atoms with Gasteiger partial charge < -0.3 is 10.0 Å². The van der Waals surface area contributed by atoms with Gasteiger partial charge in [-0.2, -0.15) is 0 Å². The van der Waals surface area contributed by atoms with Crippen molar-refractivity contribution in [3.05, 3.63) is 65.2 Å². The van der Waals surface area contributed by atoms with Crippen LogP contribution in [0.4, 0.5) is 14.5 Å². The smallest absolute Gasteiger partial charge is 0.146 e. The normalized spacial score (nSPS) is 12.2. The number of nitrogens with zero attached hydrogens (tertiary/aromatic N) is 1. The van der Waals surface area contributed by atoms with Crippen molar-refractivity contribution < 1.29 is 13.9 Å². The van der Waals surface area contributed by atoms with Gasteiger partial charge in [0.2, 0.25) is 0 Å². The Bertz CT molecular complexity index is 582. The Morgan fingerprint density at radius 3 is 2.30 bits per heavy atom. The molecule has 20 heavy (non-hydrogen) atoms. The second kappa shape index (κ2) is 6.01. The van der Waals surface area contributed by atoms with E-state index in [1.165, 1.54) is 18.2 Å². The second-order valence-corrected chi connectivity index (χ2v) is 4.87. The van der Waals surface area contributed by atoms with Crippen LogP contribution in [0.1, 0.15) is 24.2 Å². The number of aliphatic hydroxyl groups is 1. The highest BCUT2D eigenvalue weighted by Crippen LogP contribution is 2.23. The summed E-state index contributed by atoms with van der Waals surface area (Å²) in [5.74, 6) is -0.670. The molecule has 0 aliphatic heterocycles. The minimum atomic E-state index is -0.694. The molecule has 0 spiro atoms. The molecule has 0 aromatic heterocycles. The Hall–Kier alpha value is -1.94. The summed E-state index contributed by atoms with van der Waals surface area (Å²) in [6, 6.07) is 10.8. The van der Waals surface area contributed by atoms with Gasteiger partial charge in [-0.25, -0.2) is 8.78 Å². The molecule has 1 N–H and O–H groups in total. The zero-order chi connectivity index (χ0) is 14.7. The number of halogens is 2. The van der Waals surface area contributed by atoms with Gasteiger partial charge >= 0.3 is 0 Å². The fraction of sp³-hybridized carbons (Fsp3) is 0.250. The molecule has 4 heteroatoms. The summed E-state index contributed by atoms with van der Waals surface area (Å²) in [4.78, 5) is 1.74. The number of aliphatic hydroxyl groups excluding tert-OH is 1. The van der Waals surface area contributed by atoms with Gasteiger partial charge in [-0.05, 0) is 42.3 Å². The van der Waals surface area contributed by atoms with E-state index < -0.39 is 6.10 Å². The Morgan fingerprint density at radius 1 is 1.10 bits per heavy atom. The van der Waals surface area contributed by atoms with Gasteiger partial charge in [0.25, 0.3) is 0 Å². The summed E-state index contributed by atoms with van der Waals surface area (Å²) in [7, 11) is 1.77. The van der Waals surface area contributed by atoms with E-state index in [2.05, 4.69) is 0 Å². The number of hydrogen-bond donors (Lipinski definition) is 1. The molecule has 0 fully saturated rings. The molecule has 2 nitrogen and oxygen atoms in total. The predicted octanol–water partition coefficient (Wildman–Crippen LogP) is 3.65. The van der Waals surface area contributed by atoms with Crippen molar-refractivity contribution in [2.75, 3.05) is 11.9 Å². The van der Waals surface area contributed by atoms with Crippen LogP contribution in [-0.4, -0.2) is 12.2 Å². The van der Waals surface area contributed by atoms with Crippen molar-refractivity contribution in [3.8, 4) is 0 Å². The van der Waals surface area contributed by atoms with Crippen LogP contribution in [0.2, 0.25) is 0 Å². The molecule has 106 valence electrons. The van der Waals surface area contributed by atoms with Crippen LogP contribution in [0, 0.1) is 11.6 Å². The van der Waals surface area contributed by atoms with Gasteiger partial charge in [-0.15, -0.1) is 0 Å². The van der Waals surface area contributed by atoms with E-state index in [-0.39, 0.29) is 11.6 Å². The minimum Gasteiger partial charge on any atom is -0.389 e. The maximum atomic E-state index is 14.0. The van der Waals surface area contributed by atoms with Crippen molar-refractivity contribution in [2.24, 2.45) is 0 Å². The number of benzene rings is 2. The molecule has 2 rings (SSSR count). The second-order valence-electron chi connectivity index (χ2n) is 4.87. The first-order valence-corrected chi connectivity index (χ1v) is 6.40. The van der Waals surface area contributed by atoms with Crippen LogP contribution in [0.25, 0.3) is 0 Å². The SMILES string of the molecule is C[C@@H](O)c1ccc(N(C)Cc2ccc(F)cc2)c(F)c1. The molecule has 1 atom stereocenters. The van der Waals surface area contributed by atoms with Crippen molar-refractivity contribution in [3.63, 3.8) is 0 Å². The summed E-state index contributed by atoms with van der Waals surface area (Å²) < 4.78 is 26.8. The Kier molecular flexibility index (Phi) is 4.35. The Morgan fingerprint density at radius 2 is 1.75 bits per heavy atom. The number of rotatable bonds is 4. The molecule has 0 saturated carbocycles. The summed E-state index contributed by atoms with van der Waals surface area (Å²) in [5, 5.41) is 9.42. The molecule has 0 radical (unpaired) electrons. The van der Waals surface area contributed by atoms with E-state index in [1.807, 2.05) is 0 Å². The van der Waals surface area contributed by atoms with E-state index in [0.717, 1.165) is 5.56 Å². The highest BCUT2D eigenvalue weighted by atomic mass is 19.1. The third-order valence-electron chi connectivity index (χ3n) is 3.20. The Balaban J connectivity index is 2.16. The molecular weight excluding hydrogens is 260 g/mol. The highest BCUT2D eigenvalue weighted by molar-refractivity contribution is 5.49. The molecule has 2 aromatic carbocycles. The maximum Gasteiger partial charge on any atom is 0.146 e. The van der Waals surface area contributed by atoms with Crippen LogP contribution in [-0.2, 0) is 6.54 Å². The fourth-order valence-electron chi connectivity index (χ4n) is 2.04. The fourth-order valence-corrected chi connectivity index (χ4v) is 2.04. The predicted molar refractivity (Wildman–Crippen MR) is 75.5 cm³/mol. The molecule has 0 aliphatic rings. The van der Waals surface area contributed by atoms with Gasteiger partial charge in [0.05, 0.1) is 11.8 Å². The van der Waals surface area contributed by atoms with E-state index in [1.54, 1.807) is 43.1 Å². The lowest BCUT2D eigenvalue weighted by Gasteiger charge is -2.21. The molecule has 0 saturated heterocycles. The van der Waals surface area contributed by atoms with Gasteiger partial charge in [0, 0.05) is 13.6 Å². The zero-order valence-corrected chi connectivity index (χ0v) is 11.5. The van der Waals surface area contributed by atoms with Gasteiger partial charge in [-0.3, -0.25) is 0 Å². The largest absolute Gasteiger partial charge is 0.389 e. The molecule has 0 bridgehead atoms. The lowest BCUT2D eigenvalue weighted by Crippen LogP contribution is -2.17. The molecule has 0 heterocycles. The van der Waals surface area contributed by atoms with E-state index in [0.29, 0.717) is 17.8 Å². The minimum absolute atomic E-state index is 0.288. The van der Waals surface area contributed by atoms with Crippen LogP contribution < -0.4 is 4.90 Å². The van der Waals surface area contributed by atoms with Gasteiger partial charge in [0.1, 0.15) is 11.6 Å². The summed E-state index contributed by atoms with van der Waals surface area (Å²) in [6.07, 6.45) is -0.694. The third-order valence-corrected chi connectivity index (χ3v) is 3.20. The summed E-state index contributed by atoms with van der Waals surface area (Å²) >= 11 is 0. The first-order valence-electron chi connectivity index (χ1n) is 6.40. The molecule has 2 aromatic rings. The highest BCUT2D eigenvalue weighted by Gasteiger charge is 2.11. The van der Waals surface area contributed by atoms with Crippen LogP contribution in [0.3, 0.4) is 0 Å². The van der Waals surface area contributed by atoms with Crippen LogP contribution in [0.5, 0.6) is 0 Å². The van der Waals surface area contributed by atoms with Gasteiger partial charge in [0.15, 0.2) is 0 Å².